The van der Waals surface area contributed by atoms with Gasteiger partial charge in [-0.2, -0.15) is 5.26 Å². The number of anilines is 1. The van der Waals surface area contributed by atoms with Gasteiger partial charge >= 0.3 is 0 Å². The lowest BCUT2D eigenvalue weighted by Gasteiger charge is -2.33. The van der Waals surface area contributed by atoms with Gasteiger partial charge < -0.3 is 15.1 Å². The van der Waals surface area contributed by atoms with Gasteiger partial charge in [0, 0.05) is 49.0 Å². The first-order chi connectivity index (χ1) is 14.9. The summed E-state index contributed by atoms with van der Waals surface area (Å²) >= 11 is 1.50. The monoisotopic (exact) mass is 445 g/mol. The van der Waals surface area contributed by atoms with E-state index < -0.39 is 17.9 Å². The Kier molecular flexibility index (Phi) is 5.96. The predicted molar refractivity (Wildman–Crippen MR) is 114 cm³/mol. The number of amides is 2. The van der Waals surface area contributed by atoms with E-state index in [4.69, 9.17) is 5.26 Å². The smallest absolute Gasteiger partial charge is 0.252 e. The van der Waals surface area contributed by atoms with E-state index in [-0.39, 0.29) is 38.4 Å². The van der Waals surface area contributed by atoms with Crippen LogP contribution in [-0.2, 0) is 4.79 Å². The van der Waals surface area contributed by atoms with Crippen LogP contribution in [0.4, 0.5) is 14.5 Å². The number of benzene rings is 1. The van der Waals surface area contributed by atoms with Crippen LogP contribution in [0.25, 0.3) is 10.9 Å². The fraction of sp³-hybridized carbons (Fsp3) is 0.429. The number of fused-ring (bicyclic) bond motifs is 1. The van der Waals surface area contributed by atoms with Crippen molar-refractivity contribution in [3.05, 3.63) is 36.0 Å². The maximum absolute atomic E-state index is 13.5. The third kappa shape index (κ3) is 4.56. The quantitative estimate of drug-likeness (QED) is 0.778. The minimum Gasteiger partial charge on any atom is -0.371 e. The van der Waals surface area contributed by atoms with Gasteiger partial charge in [-0.15, -0.1) is 11.8 Å². The molecule has 2 saturated heterocycles. The second kappa shape index (κ2) is 8.67. The van der Waals surface area contributed by atoms with E-state index >= 15 is 0 Å². The average molecular weight is 445 g/mol. The molecule has 3 heterocycles. The number of hydrogen-bond acceptors (Lipinski definition) is 6. The molecule has 162 valence electrons. The molecule has 7 nitrogen and oxygen atoms in total. The van der Waals surface area contributed by atoms with Gasteiger partial charge in [0.05, 0.1) is 29.6 Å². The van der Waals surface area contributed by atoms with Gasteiger partial charge in [0.15, 0.2) is 0 Å². The zero-order chi connectivity index (χ0) is 22.0. The van der Waals surface area contributed by atoms with E-state index in [2.05, 4.69) is 16.4 Å². The summed E-state index contributed by atoms with van der Waals surface area (Å²) in [5.41, 5.74) is 1.72. The second-order valence-corrected chi connectivity index (χ2v) is 8.59. The largest absolute Gasteiger partial charge is 0.371 e. The Hall–Kier alpha value is -2.93. The molecule has 0 aliphatic carbocycles. The Morgan fingerprint density at radius 3 is 2.81 bits per heavy atom. The van der Waals surface area contributed by atoms with Gasteiger partial charge in [0.25, 0.3) is 11.8 Å². The summed E-state index contributed by atoms with van der Waals surface area (Å²) < 4.78 is 27.0. The molecule has 1 aromatic carbocycles. The van der Waals surface area contributed by atoms with E-state index in [1.165, 1.54) is 22.9 Å². The SMILES string of the molecule is N#C[C@@H]1CSCN1C(=O)CNC(=O)c1ccnc2ccc(N3CCC(F)(F)CC3)cc12. The normalized spacial score (nSPS) is 20.5. The molecule has 31 heavy (non-hydrogen) atoms. The number of hydrogen-bond donors (Lipinski definition) is 1. The van der Waals surface area contributed by atoms with Crippen molar-refractivity contribution in [1.82, 2.24) is 15.2 Å². The molecule has 0 unspecified atom stereocenters. The number of aromatic nitrogens is 1. The highest BCUT2D eigenvalue weighted by Gasteiger charge is 2.34. The molecular formula is C21H21F2N5O2S. The molecule has 2 amide bonds. The highest BCUT2D eigenvalue weighted by Crippen LogP contribution is 2.32. The van der Waals surface area contributed by atoms with Crippen LogP contribution in [-0.4, -0.2) is 64.9 Å². The molecule has 2 aliphatic heterocycles. The first-order valence-electron chi connectivity index (χ1n) is 9.94. The number of thioether (sulfide) groups is 1. The van der Waals surface area contributed by atoms with Crippen molar-refractivity contribution in [3.8, 4) is 6.07 Å². The molecule has 0 bridgehead atoms. The van der Waals surface area contributed by atoms with Crippen molar-refractivity contribution in [2.45, 2.75) is 24.8 Å². The van der Waals surface area contributed by atoms with Gasteiger partial charge in [0.2, 0.25) is 5.91 Å². The lowest BCUT2D eigenvalue weighted by Crippen LogP contribution is -2.42. The van der Waals surface area contributed by atoms with Gasteiger partial charge in [-0.25, -0.2) is 8.78 Å². The van der Waals surface area contributed by atoms with E-state index in [1.807, 2.05) is 11.0 Å². The van der Waals surface area contributed by atoms with Gasteiger partial charge in [0.1, 0.15) is 6.04 Å². The van der Waals surface area contributed by atoms with Crippen molar-refractivity contribution < 1.29 is 18.4 Å². The zero-order valence-corrected chi connectivity index (χ0v) is 17.5. The topological polar surface area (TPSA) is 89.3 Å². The summed E-state index contributed by atoms with van der Waals surface area (Å²) in [6.07, 6.45) is 1.11. The summed E-state index contributed by atoms with van der Waals surface area (Å²) in [7, 11) is 0. The fourth-order valence-corrected chi connectivity index (χ4v) is 4.87. The lowest BCUT2D eigenvalue weighted by molar-refractivity contribution is -0.129. The minimum absolute atomic E-state index is 0.202. The number of carbonyl (C=O) groups excluding carboxylic acids is 2. The van der Waals surface area contributed by atoms with E-state index in [0.717, 1.165) is 5.69 Å². The van der Waals surface area contributed by atoms with E-state index in [9.17, 15) is 18.4 Å². The highest BCUT2D eigenvalue weighted by molar-refractivity contribution is 7.99. The van der Waals surface area contributed by atoms with Crippen LogP contribution in [0.15, 0.2) is 30.5 Å². The van der Waals surface area contributed by atoms with Crippen LogP contribution < -0.4 is 10.2 Å². The average Bonchev–Trinajstić information content (AvgIpc) is 3.25. The summed E-state index contributed by atoms with van der Waals surface area (Å²) in [4.78, 5) is 32.8. The summed E-state index contributed by atoms with van der Waals surface area (Å²) in [5, 5.41) is 12.3. The number of alkyl halides is 2. The van der Waals surface area contributed by atoms with Crippen molar-refractivity contribution >= 4 is 40.2 Å². The maximum atomic E-state index is 13.5. The Labute approximate surface area is 182 Å². The number of pyridine rings is 1. The minimum atomic E-state index is -2.63. The van der Waals surface area contributed by atoms with Crippen molar-refractivity contribution in [2.24, 2.45) is 0 Å². The summed E-state index contributed by atoms with van der Waals surface area (Å²) in [6, 6.07) is 8.55. The standard InChI is InChI=1S/C21H21F2N5O2S/c22-21(23)4-7-27(8-5-21)14-1-2-18-17(9-14)16(3-6-25-18)20(30)26-11-19(29)28-13-31-12-15(28)10-24/h1-3,6,9,15H,4-5,7-8,11-13H2,(H,26,30)/t15-/m1/s1. The van der Waals surface area contributed by atoms with Crippen LogP contribution in [0.3, 0.4) is 0 Å². The van der Waals surface area contributed by atoms with Crippen LogP contribution in [0.1, 0.15) is 23.2 Å². The summed E-state index contributed by atoms with van der Waals surface area (Å²) in [5.74, 6) is -2.37. The molecule has 0 radical (unpaired) electrons. The molecular weight excluding hydrogens is 424 g/mol. The van der Waals surface area contributed by atoms with Gasteiger partial charge in [-0.05, 0) is 24.3 Å². The number of carbonyl (C=O) groups is 2. The Bertz CT molecular complexity index is 1050. The van der Waals surface area contributed by atoms with Crippen molar-refractivity contribution in [2.75, 3.05) is 36.2 Å². The molecule has 4 rings (SSSR count). The molecule has 2 fully saturated rings. The number of rotatable bonds is 4. The number of nitrogens with one attached hydrogen (secondary N) is 1. The fourth-order valence-electron chi connectivity index (χ4n) is 3.77. The van der Waals surface area contributed by atoms with Crippen LogP contribution in [0, 0.1) is 11.3 Å². The van der Waals surface area contributed by atoms with Crippen LogP contribution >= 0.6 is 11.8 Å². The number of nitriles is 1. The number of nitrogens with zero attached hydrogens (tertiary/aromatic N) is 4. The van der Waals surface area contributed by atoms with Crippen molar-refractivity contribution in [1.29, 1.82) is 5.26 Å². The molecule has 2 aromatic rings. The Balaban J connectivity index is 1.50. The molecule has 1 atom stereocenters. The molecule has 2 aliphatic rings. The van der Waals surface area contributed by atoms with E-state index in [1.54, 1.807) is 18.2 Å². The first-order valence-corrected chi connectivity index (χ1v) is 11.1. The first kappa shape index (κ1) is 21.3. The third-order valence-corrected chi connectivity index (χ3v) is 6.59. The molecule has 0 saturated carbocycles. The summed E-state index contributed by atoms with van der Waals surface area (Å²) in [6.45, 7) is 0.272. The molecule has 10 heteroatoms. The second-order valence-electron chi connectivity index (χ2n) is 7.59. The number of piperidine rings is 1. The maximum Gasteiger partial charge on any atom is 0.252 e. The highest BCUT2D eigenvalue weighted by atomic mass is 32.2. The molecule has 1 aromatic heterocycles. The van der Waals surface area contributed by atoms with E-state index in [0.29, 0.717) is 28.1 Å². The molecule has 1 N–H and O–H groups in total. The van der Waals surface area contributed by atoms with Gasteiger partial charge in [-0.1, -0.05) is 0 Å². The number of halogens is 2. The van der Waals surface area contributed by atoms with Crippen LogP contribution in [0.2, 0.25) is 0 Å². The van der Waals surface area contributed by atoms with Crippen LogP contribution in [0.5, 0.6) is 0 Å². The third-order valence-electron chi connectivity index (χ3n) is 5.58. The van der Waals surface area contributed by atoms with Gasteiger partial charge in [-0.3, -0.25) is 14.6 Å². The zero-order valence-electron chi connectivity index (χ0n) is 16.7. The predicted octanol–water partition coefficient (Wildman–Crippen LogP) is 2.63. The Morgan fingerprint density at radius 1 is 1.29 bits per heavy atom. The Morgan fingerprint density at radius 2 is 2.06 bits per heavy atom. The molecule has 0 spiro atoms. The van der Waals surface area contributed by atoms with Crippen molar-refractivity contribution in [3.63, 3.8) is 0 Å². The lowest BCUT2D eigenvalue weighted by atomic mass is 10.0.